The molecule has 5 aromatic rings. The van der Waals surface area contributed by atoms with E-state index in [0.29, 0.717) is 33.2 Å². The van der Waals surface area contributed by atoms with Crippen LogP contribution in [0, 0.1) is 6.92 Å². The van der Waals surface area contributed by atoms with Crippen LogP contribution < -0.4 is 11.1 Å². The van der Waals surface area contributed by atoms with Crippen molar-refractivity contribution in [3.63, 3.8) is 0 Å². The minimum Gasteiger partial charge on any atom is -0.269 e. The lowest BCUT2D eigenvalue weighted by Crippen LogP contribution is -2.23. The van der Waals surface area contributed by atoms with Crippen LogP contribution in [0.2, 0.25) is 0 Å². The van der Waals surface area contributed by atoms with Crippen molar-refractivity contribution in [2.75, 3.05) is 0 Å². The average Bonchev–Trinajstić information content (AvgIpc) is 2.83. The molecule has 7 heteroatoms. The van der Waals surface area contributed by atoms with Crippen molar-refractivity contribution < 1.29 is 0 Å². The molecule has 0 aliphatic rings. The third-order valence-electron chi connectivity index (χ3n) is 5.83. The highest BCUT2D eigenvalue weighted by molar-refractivity contribution is 7.98. The Labute approximate surface area is 200 Å². The van der Waals surface area contributed by atoms with Gasteiger partial charge in [-0.2, -0.15) is 0 Å². The van der Waals surface area contributed by atoms with Crippen LogP contribution in [0.5, 0.6) is 0 Å². The van der Waals surface area contributed by atoms with Crippen LogP contribution in [0.4, 0.5) is 0 Å². The van der Waals surface area contributed by atoms with Gasteiger partial charge in [0.25, 0.3) is 11.1 Å². The fraction of sp³-hybridized carbons (Fsp3) is 0.185. The summed E-state index contributed by atoms with van der Waals surface area (Å²) in [5, 5.41) is 1.15. The minimum atomic E-state index is -0.127. The molecule has 0 bridgehead atoms. The Morgan fingerprint density at radius 2 is 1.71 bits per heavy atom. The molecule has 34 heavy (non-hydrogen) atoms. The molecule has 6 nitrogen and oxygen atoms in total. The second-order valence-corrected chi connectivity index (χ2v) is 9.47. The second-order valence-electron chi connectivity index (χ2n) is 8.52. The summed E-state index contributed by atoms with van der Waals surface area (Å²) in [6, 6.07) is 20.6. The molecular weight excluding hydrogens is 444 g/mol. The quantitative estimate of drug-likeness (QED) is 0.265. The Morgan fingerprint density at radius 1 is 0.941 bits per heavy atom. The highest BCUT2D eigenvalue weighted by Gasteiger charge is 2.17. The number of hydrogen-bond donors (Lipinski definition) is 0. The molecule has 0 atom stereocenters. The van der Waals surface area contributed by atoms with E-state index >= 15 is 0 Å². The Morgan fingerprint density at radius 3 is 2.53 bits per heavy atom. The van der Waals surface area contributed by atoms with Crippen molar-refractivity contribution >= 4 is 28.3 Å². The van der Waals surface area contributed by atoms with Gasteiger partial charge >= 0.3 is 0 Å². The Kier molecular flexibility index (Phi) is 5.79. The molecule has 3 aromatic heterocycles. The van der Waals surface area contributed by atoms with Gasteiger partial charge in [0.2, 0.25) is 0 Å². The summed E-state index contributed by atoms with van der Waals surface area (Å²) in [7, 11) is 0. The monoisotopic (exact) mass is 468 g/mol. The van der Waals surface area contributed by atoms with Crippen molar-refractivity contribution in [3.8, 4) is 5.69 Å². The van der Waals surface area contributed by atoms with E-state index in [4.69, 9.17) is 9.97 Å². The third-order valence-corrected chi connectivity index (χ3v) is 6.81. The van der Waals surface area contributed by atoms with E-state index in [1.807, 2.05) is 67.6 Å². The zero-order chi connectivity index (χ0) is 23.8. The normalized spacial score (nSPS) is 11.5. The summed E-state index contributed by atoms with van der Waals surface area (Å²) in [6.07, 6.45) is 1.72. The summed E-state index contributed by atoms with van der Waals surface area (Å²) in [5.41, 5.74) is 4.53. The number of aromatic nitrogens is 4. The molecule has 5 rings (SSSR count). The Hall–Kier alpha value is -3.71. The minimum absolute atomic E-state index is 0.108. The van der Waals surface area contributed by atoms with E-state index in [-0.39, 0.29) is 17.0 Å². The van der Waals surface area contributed by atoms with Gasteiger partial charge in [-0.05, 0) is 48.2 Å². The predicted molar refractivity (Wildman–Crippen MR) is 137 cm³/mol. The van der Waals surface area contributed by atoms with Crippen LogP contribution in [0.25, 0.3) is 22.2 Å². The first-order valence-electron chi connectivity index (χ1n) is 11.2. The molecule has 170 valence electrons. The van der Waals surface area contributed by atoms with E-state index in [0.717, 1.165) is 16.8 Å². The van der Waals surface area contributed by atoms with Crippen molar-refractivity contribution in [1.29, 1.82) is 0 Å². The zero-order valence-corrected chi connectivity index (χ0v) is 20.0. The van der Waals surface area contributed by atoms with Gasteiger partial charge in [-0.25, -0.2) is 9.97 Å². The summed E-state index contributed by atoms with van der Waals surface area (Å²) >= 11 is 1.41. The number of fused-ring (bicyclic) bond motifs is 2. The summed E-state index contributed by atoms with van der Waals surface area (Å²) in [6.45, 7) is 6.16. The van der Waals surface area contributed by atoms with Crippen LogP contribution in [-0.2, 0) is 5.75 Å². The molecule has 0 spiro atoms. The smallest absolute Gasteiger partial charge is 0.266 e. The van der Waals surface area contributed by atoms with Gasteiger partial charge in [0, 0.05) is 18.0 Å². The van der Waals surface area contributed by atoms with Crippen molar-refractivity contribution in [2.45, 2.75) is 37.6 Å². The fourth-order valence-corrected chi connectivity index (χ4v) is 5.02. The van der Waals surface area contributed by atoms with E-state index in [1.165, 1.54) is 11.8 Å². The lowest BCUT2D eigenvalue weighted by atomic mass is 10.0. The first-order chi connectivity index (χ1) is 16.4. The summed E-state index contributed by atoms with van der Waals surface area (Å²) in [5.74, 6) is 0.645. The molecule has 0 N–H and O–H groups in total. The van der Waals surface area contributed by atoms with Crippen molar-refractivity contribution in [3.05, 3.63) is 110 Å². The van der Waals surface area contributed by atoms with E-state index < -0.39 is 0 Å². The largest absolute Gasteiger partial charge is 0.269 e. The standard InChI is InChI=1S/C27H24N4O2S/c1-17(2)20-10-5-7-13-23(20)31-26(33)21-11-4-6-12-22(21)29-27(31)34-16-19-15-24(32)30-14-8-9-18(3)25(30)28-19/h4-15,17H,16H2,1-3H3. The SMILES string of the molecule is Cc1cccn2c(=O)cc(CSc3nc4ccccc4c(=O)n3-c3ccccc3C(C)C)nc12. The topological polar surface area (TPSA) is 69.3 Å². The number of nitrogens with zero attached hydrogens (tertiary/aromatic N) is 4. The maximum absolute atomic E-state index is 13.7. The first kappa shape index (κ1) is 22.1. The summed E-state index contributed by atoms with van der Waals surface area (Å²) < 4.78 is 3.24. The molecule has 0 unspecified atom stereocenters. The number of pyridine rings is 1. The maximum Gasteiger partial charge on any atom is 0.266 e. The molecule has 3 heterocycles. The average molecular weight is 469 g/mol. The molecule has 0 radical (unpaired) electrons. The van der Waals surface area contributed by atoms with Crippen LogP contribution in [0.3, 0.4) is 0 Å². The number of hydrogen-bond acceptors (Lipinski definition) is 5. The van der Waals surface area contributed by atoms with Gasteiger partial charge in [-0.1, -0.05) is 62.0 Å². The van der Waals surface area contributed by atoms with E-state index in [2.05, 4.69) is 13.8 Å². The molecule has 0 amide bonds. The fourth-order valence-electron chi connectivity index (χ4n) is 4.12. The number of rotatable bonds is 5. The number of thioether (sulfide) groups is 1. The summed E-state index contributed by atoms with van der Waals surface area (Å²) in [4.78, 5) is 35.8. The van der Waals surface area contributed by atoms with Gasteiger partial charge in [0.1, 0.15) is 5.65 Å². The maximum atomic E-state index is 13.7. The molecule has 2 aromatic carbocycles. The van der Waals surface area contributed by atoms with E-state index in [1.54, 1.807) is 21.2 Å². The van der Waals surface area contributed by atoms with E-state index in [9.17, 15) is 9.59 Å². The molecule has 0 aliphatic carbocycles. The van der Waals surface area contributed by atoms with Crippen LogP contribution in [0.15, 0.2) is 87.7 Å². The van der Waals surface area contributed by atoms with Gasteiger partial charge in [-0.3, -0.25) is 18.6 Å². The second kappa shape index (κ2) is 8.91. The molecule has 0 saturated carbocycles. The number of aryl methyl sites for hydroxylation is 1. The van der Waals surface area contributed by atoms with Crippen molar-refractivity contribution in [1.82, 2.24) is 18.9 Å². The lowest BCUT2D eigenvalue weighted by Gasteiger charge is -2.18. The zero-order valence-electron chi connectivity index (χ0n) is 19.2. The molecular formula is C27H24N4O2S. The van der Waals surface area contributed by atoms with Crippen molar-refractivity contribution in [2.24, 2.45) is 0 Å². The van der Waals surface area contributed by atoms with Crippen LogP contribution in [0.1, 0.15) is 36.6 Å². The highest BCUT2D eigenvalue weighted by Crippen LogP contribution is 2.28. The third kappa shape index (κ3) is 3.92. The molecule has 0 saturated heterocycles. The van der Waals surface area contributed by atoms with Crippen LogP contribution in [-0.4, -0.2) is 18.9 Å². The van der Waals surface area contributed by atoms with Gasteiger partial charge in [0.15, 0.2) is 5.16 Å². The van der Waals surface area contributed by atoms with Gasteiger partial charge in [-0.15, -0.1) is 0 Å². The molecule has 0 fully saturated rings. The number of benzene rings is 2. The molecule has 0 aliphatic heterocycles. The predicted octanol–water partition coefficient (Wildman–Crippen LogP) is 5.12. The first-order valence-corrected chi connectivity index (χ1v) is 12.1. The lowest BCUT2D eigenvalue weighted by molar-refractivity contribution is 0.780. The Balaban J connectivity index is 1.65. The Bertz CT molecular complexity index is 1650. The van der Waals surface area contributed by atoms with Gasteiger partial charge in [0.05, 0.1) is 22.3 Å². The van der Waals surface area contributed by atoms with Crippen LogP contribution >= 0.6 is 11.8 Å². The van der Waals surface area contributed by atoms with Gasteiger partial charge < -0.3 is 0 Å². The highest BCUT2D eigenvalue weighted by atomic mass is 32.2. The number of para-hydroxylation sites is 2.